The molecule has 2 aromatic rings. The summed E-state index contributed by atoms with van der Waals surface area (Å²) in [6.07, 6.45) is 1.54. The molecule has 0 aromatic heterocycles. The SMILES string of the molecule is CNC(=O)[C@@H](C)N(Cc1ccccc1Cl)C(=O)CCCN(c1ccc(C)c(C)c1)S(C)(=O)=O. The van der Waals surface area contributed by atoms with E-state index in [2.05, 4.69) is 5.32 Å². The summed E-state index contributed by atoms with van der Waals surface area (Å²) in [5.74, 6) is -0.539. The molecule has 0 unspecified atom stereocenters. The zero-order valence-corrected chi connectivity index (χ0v) is 21.3. The number of amides is 2. The van der Waals surface area contributed by atoms with Crippen molar-refractivity contribution in [2.75, 3.05) is 24.2 Å². The molecule has 0 saturated carbocycles. The minimum atomic E-state index is -3.53. The van der Waals surface area contributed by atoms with E-state index in [0.717, 1.165) is 22.9 Å². The van der Waals surface area contributed by atoms with E-state index < -0.39 is 16.1 Å². The molecule has 0 aliphatic heterocycles. The minimum absolute atomic E-state index is 0.0860. The molecule has 0 saturated heterocycles. The Kier molecular flexibility index (Phi) is 9.31. The average Bonchev–Trinajstić information content (AvgIpc) is 2.76. The molecule has 0 heterocycles. The van der Waals surface area contributed by atoms with Crippen molar-refractivity contribution >= 4 is 39.1 Å². The van der Waals surface area contributed by atoms with E-state index >= 15 is 0 Å². The van der Waals surface area contributed by atoms with Crippen LogP contribution in [0, 0.1) is 13.8 Å². The van der Waals surface area contributed by atoms with Crippen LogP contribution in [0.2, 0.25) is 5.02 Å². The van der Waals surface area contributed by atoms with Gasteiger partial charge in [-0.15, -0.1) is 0 Å². The molecule has 0 radical (unpaired) electrons. The third-order valence-corrected chi connectivity index (χ3v) is 7.21. The van der Waals surface area contributed by atoms with Crippen molar-refractivity contribution in [1.29, 1.82) is 0 Å². The Hall–Kier alpha value is -2.58. The molecule has 0 aliphatic rings. The molecule has 2 aromatic carbocycles. The fraction of sp³-hybridized carbons (Fsp3) is 0.417. The Labute approximate surface area is 201 Å². The molecule has 33 heavy (non-hydrogen) atoms. The second kappa shape index (κ2) is 11.5. The second-order valence-corrected chi connectivity index (χ2v) is 10.4. The Balaban J connectivity index is 2.17. The fourth-order valence-corrected chi connectivity index (χ4v) is 4.64. The summed E-state index contributed by atoms with van der Waals surface area (Å²) in [7, 11) is -2.01. The summed E-state index contributed by atoms with van der Waals surface area (Å²) >= 11 is 6.27. The summed E-state index contributed by atoms with van der Waals surface area (Å²) in [4.78, 5) is 26.9. The largest absolute Gasteiger partial charge is 0.357 e. The van der Waals surface area contributed by atoms with Gasteiger partial charge >= 0.3 is 0 Å². The number of nitrogens with one attached hydrogen (secondary N) is 1. The highest BCUT2D eigenvalue weighted by atomic mass is 35.5. The predicted molar refractivity (Wildman–Crippen MR) is 133 cm³/mol. The number of carbonyl (C=O) groups excluding carboxylic acids is 2. The van der Waals surface area contributed by atoms with E-state index in [-0.39, 0.29) is 31.3 Å². The summed E-state index contributed by atoms with van der Waals surface area (Å²) < 4.78 is 26.1. The molecular weight excluding hydrogens is 462 g/mol. The molecule has 0 spiro atoms. The molecule has 2 amide bonds. The maximum absolute atomic E-state index is 13.1. The minimum Gasteiger partial charge on any atom is -0.357 e. The van der Waals surface area contributed by atoms with Crippen molar-refractivity contribution in [3.8, 4) is 0 Å². The zero-order valence-electron chi connectivity index (χ0n) is 19.8. The van der Waals surface area contributed by atoms with Crippen LogP contribution in [0.15, 0.2) is 42.5 Å². The lowest BCUT2D eigenvalue weighted by atomic mass is 10.1. The van der Waals surface area contributed by atoms with Crippen molar-refractivity contribution in [2.45, 2.75) is 46.2 Å². The molecule has 0 fully saturated rings. The first-order valence-corrected chi connectivity index (χ1v) is 13.0. The van der Waals surface area contributed by atoms with Gasteiger partial charge in [0.25, 0.3) is 0 Å². The number of aryl methyl sites for hydroxylation is 2. The Morgan fingerprint density at radius 3 is 2.33 bits per heavy atom. The maximum Gasteiger partial charge on any atom is 0.242 e. The van der Waals surface area contributed by atoms with Crippen molar-refractivity contribution in [1.82, 2.24) is 10.2 Å². The number of sulfonamides is 1. The van der Waals surface area contributed by atoms with Crippen LogP contribution >= 0.6 is 11.6 Å². The zero-order chi connectivity index (χ0) is 24.8. The molecule has 2 rings (SSSR count). The molecule has 0 aliphatic carbocycles. The number of likely N-dealkylation sites (N-methyl/N-ethyl adjacent to an activating group) is 1. The van der Waals surface area contributed by atoms with Crippen molar-refractivity contribution < 1.29 is 18.0 Å². The Morgan fingerprint density at radius 1 is 1.09 bits per heavy atom. The van der Waals surface area contributed by atoms with Crippen LogP contribution in [0.1, 0.15) is 36.5 Å². The van der Waals surface area contributed by atoms with Gasteiger partial charge in [0.2, 0.25) is 21.8 Å². The van der Waals surface area contributed by atoms with Crippen LogP contribution in [0.4, 0.5) is 5.69 Å². The number of benzene rings is 2. The third-order valence-electron chi connectivity index (χ3n) is 5.64. The van der Waals surface area contributed by atoms with Gasteiger partial charge in [-0.25, -0.2) is 8.42 Å². The number of carbonyl (C=O) groups is 2. The van der Waals surface area contributed by atoms with Crippen molar-refractivity contribution in [3.05, 3.63) is 64.2 Å². The van der Waals surface area contributed by atoms with E-state index in [0.29, 0.717) is 17.1 Å². The molecule has 180 valence electrons. The summed E-state index contributed by atoms with van der Waals surface area (Å²) in [6.45, 7) is 5.88. The van der Waals surface area contributed by atoms with E-state index in [1.54, 1.807) is 25.1 Å². The molecule has 7 nitrogen and oxygen atoms in total. The Bertz CT molecular complexity index is 1100. The van der Waals surface area contributed by atoms with Gasteiger partial charge in [-0.2, -0.15) is 0 Å². The first kappa shape index (κ1) is 26.7. The second-order valence-electron chi connectivity index (χ2n) is 8.11. The highest BCUT2D eigenvalue weighted by Crippen LogP contribution is 2.23. The van der Waals surface area contributed by atoms with Crippen LogP contribution in [0.5, 0.6) is 0 Å². The molecule has 1 atom stereocenters. The summed E-state index contributed by atoms with van der Waals surface area (Å²) in [5, 5.41) is 3.08. The lowest BCUT2D eigenvalue weighted by molar-refractivity contribution is -0.140. The maximum atomic E-state index is 13.1. The van der Waals surface area contributed by atoms with Gasteiger partial charge in [0.1, 0.15) is 6.04 Å². The van der Waals surface area contributed by atoms with Gasteiger partial charge in [-0.3, -0.25) is 13.9 Å². The lowest BCUT2D eigenvalue weighted by Gasteiger charge is -2.29. The standard InChI is InChI=1S/C24H32ClN3O4S/c1-17-12-13-21(15-18(17)2)28(33(5,31)32)14-8-11-23(29)27(19(3)24(30)26-4)16-20-9-6-7-10-22(20)25/h6-7,9-10,12-13,15,19H,8,11,14,16H2,1-5H3,(H,26,30)/t19-/m1/s1. The monoisotopic (exact) mass is 493 g/mol. The van der Waals surface area contributed by atoms with Crippen LogP contribution in [0.25, 0.3) is 0 Å². The summed E-state index contributed by atoms with van der Waals surface area (Å²) in [6, 6.07) is 11.9. The van der Waals surface area contributed by atoms with Gasteiger partial charge in [0.15, 0.2) is 0 Å². The third kappa shape index (κ3) is 7.20. The van der Waals surface area contributed by atoms with Crippen LogP contribution in [-0.2, 0) is 26.2 Å². The number of nitrogens with zero attached hydrogens (tertiary/aromatic N) is 2. The number of hydrogen-bond donors (Lipinski definition) is 1. The van der Waals surface area contributed by atoms with Gasteiger partial charge in [-0.05, 0) is 62.1 Å². The summed E-state index contributed by atoms with van der Waals surface area (Å²) in [5.41, 5.74) is 3.36. The first-order valence-electron chi connectivity index (χ1n) is 10.7. The van der Waals surface area contributed by atoms with Crippen LogP contribution in [-0.4, -0.2) is 51.0 Å². The number of halogens is 1. The topological polar surface area (TPSA) is 86.8 Å². The van der Waals surface area contributed by atoms with E-state index in [4.69, 9.17) is 11.6 Å². The first-order chi connectivity index (χ1) is 15.5. The molecule has 1 N–H and O–H groups in total. The number of hydrogen-bond acceptors (Lipinski definition) is 4. The van der Waals surface area contributed by atoms with E-state index in [1.807, 2.05) is 38.1 Å². The average molecular weight is 494 g/mol. The van der Waals surface area contributed by atoms with Crippen LogP contribution < -0.4 is 9.62 Å². The van der Waals surface area contributed by atoms with Gasteiger partial charge < -0.3 is 10.2 Å². The fourth-order valence-electron chi connectivity index (χ4n) is 3.49. The van der Waals surface area contributed by atoms with E-state index in [1.165, 1.54) is 16.3 Å². The quantitative estimate of drug-likeness (QED) is 0.547. The van der Waals surface area contributed by atoms with Crippen molar-refractivity contribution in [3.63, 3.8) is 0 Å². The normalized spacial score (nSPS) is 12.2. The Morgan fingerprint density at radius 2 is 1.76 bits per heavy atom. The predicted octanol–water partition coefficient (Wildman–Crippen LogP) is 3.67. The van der Waals surface area contributed by atoms with Gasteiger partial charge in [0.05, 0.1) is 11.9 Å². The lowest BCUT2D eigenvalue weighted by Crippen LogP contribution is -2.46. The molecule has 9 heteroatoms. The highest BCUT2D eigenvalue weighted by molar-refractivity contribution is 7.92. The van der Waals surface area contributed by atoms with Gasteiger partial charge in [-0.1, -0.05) is 35.9 Å². The molecular formula is C24H32ClN3O4S. The molecule has 0 bridgehead atoms. The number of rotatable bonds is 10. The van der Waals surface area contributed by atoms with Gasteiger partial charge in [0, 0.05) is 31.6 Å². The highest BCUT2D eigenvalue weighted by Gasteiger charge is 2.26. The van der Waals surface area contributed by atoms with E-state index in [9.17, 15) is 18.0 Å². The van der Waals surface area contributed by atoms with Crippen LogP contribution in [0.3, 0.4) is 0 Å². The number of anilines is 1. The smallest absolute Gasteiger partial charge is 0.242 e. The van der Waals surface area contributed by atoms with Crippen molar-refractivity contribution in [2.24, 2.45) is 0 Å².